The normalized spacial score (nSPS) is 21.5. The maximum Gasteiger partial charge on any atom is 0.270 e. The molecule has 1 aliphatic heterocycles. The van der Waals surface area contributed by atoms with E-state index in [9.17, 15) is 0 Å². The summed E-state index contributed by atoms with van der Waals surface area (Å²) in [4.78, 5) is 5.63. The summed E-state index contributed by atoms with van der Waals surface area (Å²) in [6.07, 6.45) is 5.29. The maximum atomic E-state index is 6.69. The molecule has 1 saturated heterocycles. The first-order valence-electron chi connectivity index (χ1n) is 3.99. The van der Waals surface area contributed by atoms with Crippen molar-refractivity contribution in [1.82, 2.24) is 4.90 Å². The molecule has 0 radical (unpaired) electrons. The van der Waals surface area contributed by atoms with Crippen LogP contribution in [0.25, 0.3) is 4.85 Å². The van der Waals surface area contributed by atoms with Crippen molar-refractivity contribution in [2.24, 2.45) is 0 Å². The van der Waals surface area contributed by atoms with Crippen LogP contribution in [0.4, 0.5) is 0 Å². The van der Waals surface area contributed by atoms with Crippen LogP contribution < -0.4 is 0 Å². The zero-order valence-corrected chi connectivity index (χ0v) is 6.34. The van der Waals surface area contributed by atoms with Gasteiger partial charge in [0.2, 0.25) is 0 Å². The van der Waals surface area contributed by atoms with Crippen molar-refractivity contribution in [2.75, 3.05) is 19.8 Å². The number of likely N-dealkylation sites (tertiary alicyclic amines) is 1. The summed E-state index contributed by atoms with van der Waals surface area (Å²) in [7, 11) is 0. The molecule has 0 bridgehead atoms. The van der Waals surface area contributed by atoms with Gasteiger partial charge in [-0.05, 0) is 12.8 Å². The quantitative estimate of drug-likeness (QED) is 0.501. The van der Waals surface area contributed by atoms with Crippen LogP contribution in [0.3, 0.4) is 0 Å². The Morgan fingerprint density at radius 2 is 1.70 bits per heavy atom. The zero-order valence-electron chi connectivity index (χ0n) is 6.34. The second-order valence-corrected chi connectivity index (χ2v) is 2.83. The topological polar surface area (TPSA) is 7.60 Å². The van der Waals surface area contributed by atoms with E-state index in [0.717, 1.165) is 13.1 Å². The largest absolute Gasteiger partial charge is 0.299 e. The van der Waals surface area contributed by atoms with Gasteiger partial charge in [0.25, 0.3) is 6.67 Å². The Balaban J connectivity index is 2.23. The molecule has 10 heavy (non-hydrogen) atoms. The van der Waals surface area contributed by atoms with E-state index < -0.39 is 0 Å². The summed E-state index contributed by atoms with van der Waals surface area (Å²) in [5.74, 6) is 0. The van der Waals surface area contributed by atoms with Crippen LogP contribution in [0.15, 0.2) is 0 Å². The highest BCUT2D eigenvalue weighted by molar-refractivity contribution is 4.66. The van der Waals surface area contributed by atoms with Crippen LogP contribution in [0.2, 0.25) is 0 Å². The SMILES string of the molecule is [C-]#[N+]CN1CCCCCC1. The van der Waals surface area contributed by atoms with Crippen molar-refractivity contribution >= 4 is 0 Å². The second-order valence-electron chi connectivity index (χ2n) is 2.83. The molecule has 56 valence electrons. The predicted octanol–water partition coefficient (Wildman–Crippen LogP) is 1.74. The van der Waals surface area contributed by atoms with Gasteiger partial charge in [0.05, 0.1) is 0 Å². The minimum atomic E-state index is 0.611. The lowest BCUT2D eigenvalue weighted by molar-refractivity contribution is 0.314. The molecule has 0 aromatic carbocycles. The summed E-state index contributed by atoms with van der Waals surface area (Å²) < 4.78 is 0. The van der Waals surface area contributed by atoms with Gasteiger partial charge in [0.15, 0.2) is 0 Å². The molecule has 1 fully saturated rings. The number of rotatable bonds is 1. The molecule has 0 atom stereocenters. The summed E-state index contributed by atoms with van der Waals surface area (Å²) >= 11 is 0. The fourth-order valence-corrected chi connectivity index (χ4v) is 1.38. The van der Waals surface area contributed by atoms with E-state index in [1.807, 2.05) is 0 Å². The van der Waals surface area contributed by atoms with Crippen LogP contribution in [0.5, 0.6) is 0 Å². The van der Waals surface area contributed by atoms with Crippen LogP contribution in [-0.2, 0) is 0 Å². The predicted molar refractivity (Wildman–Crippen MR) is 41.5 cm³/mol. The monoisotopic (exact) mass is 138 g/mol. The molecule has 0 aliphatic carbocycles. The first kappa shape index (κ1) is 7.56. The summed E-state index contributed by atoms with van der Waals surface area (Å²) in [5, 5.41) is 0. The van der Waals surface area contributed by atoms with Gasteiger partial charge in [0.1, 0.15) is 0 Å². The lowest BCUT2D eigenvalue weighted by Gasteiger charge is -2.11. The lowest BCUT2D eigenvalue weighted by Crippen LogP contribution is -2.23. The maximum absolute atomic E-state index is 6.69. The van der Waals surface area contributed by atoms with E-state index in [2.05, 4.69) is 9.74 Å². The molecule has 0 aromatic rings. The second kappa shape index (κ2) is 4.29. The first-order chi connectivity index (χ1) is 4.93. The molecule has 2 nitrogen and oxygen atoms in total. The minimum Gasteiger partial charge on any atom is -0.299 e. The van der Waals surface area contributed by atoms with Crippen LogP contribution >= 0.6 is 0 Å². The Morgan fingerprint density at radius 1 is 1.10 bits per heavy atom. The van der Waals surface area contributed by atoms with Gasteiger partial charge in [0, 0.05) is 13.1 Å². The van der Waals surface area contributed by atoms with E-state index in [1.54, 1.807) is 0 Å². The summed E-state index contributed by atoms with van der Waals surface area (Å²) in [5.41, 5.74) is 0. The van der Waals surface area contributed by atoms with Crippen LogP contribution in [0.1, 0.15) is 25.7 Å². The third-order valence-corrected chi connectivity index (χ3v) is 1.97. The van der Waals surface area contributed by atoms with Gasteiger partial charge in [-0.3, -0.25) is 4.85 Å². The molecular weight excluding hydrogens is 124 g/mol. The zero-order chi connectivity index (χ0) is 7.23. The van der Waals surface area contributed by atoms with Gasteiger partial charge < -0.3 is 0 Å². The van der Waals surface area contributed by atoms with Gasteiger partial charge in [-0.1, -0.05) is 12.8 Å². The number of hydrogen-bond acceptors (Lipinski definition) is 1. The Morgan fingerprint density at radius 3 is 2.20 bits per heavy atom. The smallest absolute Gasteiger partial charge is 0.270 e. The van der Waals surface area contributed by atoms with Gasteiger partial charge in [-0.2, -0.15) is 0 Å². The van der Waals surface area contributed by atoms with E-state index >= 15 is 0 Å². The van der Waals surface area contributed by atoms with Crippen molar-refractivity contribution < 1.29 is 0 Å². The van der Waals surface area contributed by atoms with Crippen molar-refractivity contribution in [3.63, 3.8) is 0 Å². The molecule has 0 N–H and O–H groups in total. The van der Waals surface area contributed by atoms with Gasteiger partial charge >= 0.3 is 0 Å². The standard InChI is InChI=1S/C8H14N2/c1-9-8-10-6-4-2-3-5-7-10/h2-8H2. The fourth-order valence-electron chi connectivity index (χ4n) is 1.38. The van der Waals surface area contributed by atoms with Gasteiger partial charge in [-0.25, -0.2) is 11.5 Å². The average Bonchev–Trinajstić information content (AvgIpc) is 2.17. The van der Waals surface area contributed by atoms with E-state index in [1.165, 1.54) is 25.7 Å². The third-order valence-electron chi connectivity index (χ3n) is 1.97. The molecule has 1 rings (SSSR count). The highest BCUT2D eigenvalue weighted by Crippen LogP contribution is 2.08. The van der Waals surface area contributed by atoms with Crippen LogP contribution in [-0.4, -0.2) is 24.7 Å². The molecule has 0 saturated carbocycles. The summed E-state index contributed by atoms with van der Waals surface area (Å²) in [6.45, 7) is 9.59. The molecule has 1 heterocycles. The first-order valence-corrected chi connectivity index (χ1v) is 3.99. The van der Waals surface area contributed by atoms with Crippen LogP contribution in [0, 0.1) is 6.57 Å². The molecule has 0 aromatic heterocycles. The van der Waals surface area contributed by atoms with E-state index in [-0.39, 0.29) is 0 Å². The highest BCUT2D eigenvalue weighted by atomic mass is 15.2. The Bertz CT molecular complexity index is 118. The molecule has 0 unspecified atom stereocenters. The highest BCUT2D eigenvalue weighted by Gasteiger charge is 2.08. The average molecular weight is 138 g/mol. The fraction of sp³-hybridized carbons (Fsp3) is 0.875. The Hall–Kier alpha value is -0.550. The Labute approximate surface area is 62.7 Å². The number of hydrogen-bond donors (Lipinski definition) is 0. The third kappa shape index (κ3) is 2.36. The molecular formula is C8H14N2. The van der Waals surface area contributed by atoms with Crippen molar-refractivity contribution in [3.8, 4) is 0 Å². The Kier molecular flexibility index (Phi) is 3.25. The lowest BCUT2D eigenvalue weighted by atomic mass is 10.2. The van der Waals surface area contributed by atoms with Crippen molar-refractivity contribution in [1.29, 1.82) is 0 Å². The molecule has 0 spiro atoms. The molecule has 0 amide bonds. The van der Waals surface area contributed by atoms with Gasteiger partial charge in [-0.15, -0.1) is 0 Å². The summed E-state index contributed by atoms with van der Waals surface area (Å²) in [6, 6.07) is 0. The van der Waals surface area contributed by atoms with E-state index in [4.69, 9.17) is 6.57 Å². The minimum absolute atomic E-state index is 0.611. The van der Waals surface area contributed by atoms with E-state index in [0.29, 0.717) is 6.67 Å². The van der Waals surface area contributed by atoms with Crippen molar-refractivity contribution in [3.05, 3.63) is 11.4 Å². The number of nitrogens with zero attached hydrogens (tertiary/aromatic N) is 2. The molecule has 1 aliphatic rings. The molecule has 2 heteroatoms. The van der Waals surface area contributed by atoms with Crippen molar-refractivity contribution in [2.45, 2.75) is 25.7 Å².